The van der Waals surface area contributed by atoms with Gasteiger partial charge in [0, 0.05) is 44.5 Å². The molecule has 512 valence electrons. The van der Waals surface area contributed by atoms with Crippen LogP contribution in [0.4, 0.5) is 22.7 Å². The van der Waals surface area contributed by atoms with E-state index >= 15 is 0 Å². The average Bonchev–Trinajstić information content (AvgIpc) is 0.801. The van der Waals surface area contributed by atoms with Crippen molar-refractivity contribution in [1.29, 1.82) is 0 Å². The van der Waals surface area contributed by atoms with Crippen molar-refractivity contribution in [3.05, 3.63) is 318 Å². The molecular formula is C95H102MgN6+2. The third-order valence-electron chi connectivity index (χ3n) is 18.3. The first kappa shape index (κ1) is 76.4. The molecule has 0 aliphatic rings. The largest absolute Gasteiger partial charge is 2.00 e. The predicted molar refractivity (Wildman–Crippen MR) is 437 cm³/mol. The Bertz CT molecular complexity index is 4270. The molecule has 0 saturated heterocycles. The fourth-order valence-electron chi connectivity index (χ4n) is 14.5. The zero-order valence-electron chi connectivity index (χ0n) is 63.8. The van der Waals surface area contributed by atoms with E-state index in [1.54, 1.807) is 0 Å². The van der Waals surface area contributed by atoms with Crippen molar-refractivity contribution in [1.82, 2.24) is 0 Å². The first-order valence-electron chi connectivity index (χ1n) is 36.0. The summed E-state index contributed by atoms with van der Waals surface area (Å²) in [7, 11) is 0. The molecule has 0 heterocycles. The van der Waals surface area contributed by atoms with Gasteiger partial charge in [0.05, 0.1) is 11.4 Å². The molecule has 0 atom stereocenters. The van der Waals surface area contributed by atoms with E-state index in [2.05, 4.69) is 353 Å². The minimum absolute atomic E-state index is 0. The fraction of sp³-hybridized carbons (Fsp3) is 0.242. The van der Waals surface area contributed by atoms with Gasteiger partial charge in [0.15, 0.2) is 0 Å². The molecular weight excluding hydrogens is 1250 g/mol. The molecule has 0 amide bonds. The normalized spacial score (nSPS) is 11.1. The number of hydrogen-bond acceptors (Lipinski definition) is 2. The van der Waals surface area contributed by atoms with E-state index in [-0.39, 0.29) is 23.1 Å². The topological polar surface area (TPSA) is 80.9 Å². The van der Waals surface area contributed by atoms with Crippen molar-refractivity contribution in [3.8, 4) is 89.0 Å². The SMILES string of the molecule is CCCCCCC.Cc1cc(C)cc(-c2cccc(-c3cc(C)cc(C)c3)c2[N-]N=[NH+]c2c(-c3cc(C)cc(C)c3)cccc2-c2cc(C)cc(C)c2)c1.Cc1cc(C)cc(-c2cccc(-c3cc(C)cc(C)c3)c2[N-]N=[NH+]c2c(-c3cc(C)cc(C)c3)cccc2-c2cc(C)cc(C)c2)c1.[Mg+2]. The van der Waals surface area contributed by atoms with E-state index in [0.717, 1.165) is 112 Å². The number of nitrogens with zero attached hydrogens (tertiary/aromatic N) is 4. The number of benzene rings is 12. The monoisotopic (exact) mass is 1350 g/mol. The summed E-state index contributed by atoms with van der Waals surface area (Å²) in [6.07, 6.45) is 7.01. The summed E-state index contributed by atoms with van der Waals surface area (Å²) in [5.74, 6) is 0. The third-order valence-corrected chi connectivity index (χ3v) is 18.3. The second-order valence-electron chi connectivity index (χ2n) is 28.6. The maximum absolute atomic E-state index is 5.03. The van der Waals surface area contributed by atoms with Gasteiger partial charge < -0.3 is 0 Å². The summed E-state index contributed by atoms with van der Waals surface area (Å²) in [5.41, 5.74) is 50.9. The van der Waals surface area contributed by atoms with Gasteiger partial charge in [-0.2, -0.15) is 0 Å². The van der Waals surface area contributed by atoms with Gasteiger partial charge in [0.2, 0.25) is 0 Å². The molecule has 0 aliphatic carbocycles. The molecule has 0 unspecified atom stereocenters. The Labute approximate surface area is 626 Å². The van der Waals surface area contributed by atoms with Gasteiger partial charge >= 0.3 is 23.1 Å². The standard InChI is InChI=1S/2C44H42N3.C7H16.Mg/c2*1-27-15-28(2)20-35(19-27)39-11-9-12-40(36-21-29(3)16-30(4)22-36)43(39)45-47-46-44-41(37-23-31(5)17-32(6)24-37)13-10-14-42(44)38-25-33(7)18-34(8)26-38;1-3-5-7-6-4-2;/h2*9-26H,1-8H3;3-7H2,1-2H3;/q2*-1;;+2/p+2. The molecule has 0 radical (unpaired) electrons. The van der Waals surface area contributed by atoms with Crippen molar-refractivity contribution in [2.24, 2.45) is 10.4 Å². The number of aryl methyl sites for hydroxylation is 16. The van der Waals surface area contributed by atoms with Crippen LogP contribution in [0.5, 0.6) is 0 Å². The van der Waals surface area contributed by atoms with Gasteiger partial charge in [-0.15, -0.1) is 10.9 Å². The maximum Gasteiger partial charge on any atom is 2.00 e. The van der Waals surface area contributed by atoms with Crippen molar-refractivity contribution in [2.75, 3.05) is 0 Å². The van der Waals surface area contributed by atoms with E-state index in [0.29, 0.717) is 0 Å². The average molecular weight is 1350 g/mol. The molecule has 0 fully saturated rings. The van der Waals surface area contributed by atoms with Crippen molar-refractivity contribution < 1.29 is 10.2 Å². The smallest absolute Gasteiger partial charge is 0.259 e. The number of hydrogen-bond donors (Lipinski definition) is 2. The van der Waals surface area contributed by atoms with Crippen LogP contribution in [0.25, 0.3) is 99.9 Å². The Balaban J connectivity index is 0.000000215. The van der Waals surface area contributed by atoms with Gasteiger partial charge in [0.1, 0.15) is 11.4 Å². The molecule has 102 heavy (non-hydrogen) atoms. The summed E-state index contributed by atoms with van der Waals surface area (Å²) in [5, 5.41) is 16.6. The summed E-state index contributed by atoms with van der Waals surface area (Å²) < 4.78 is 0. The summed E-state index contributed by atoms with van der Waals surface area (Å²) >= 11 is 0. The molecule has 2 N–H and O–H groups in total. The van der Waals surface area contributed by atoms with Gasteiger partial charge in [-0.05, 0) is 155 Å². The summed E-state index contributed by atoms with van der Waals surface area (Å²) in [4.78, 5) is 0. The molecule has 7 heteroatoms. The predicted octanol–water partition coefficient (Wildman–Crippen LogP) is 25.8. The Hall–Kier alpha value is -9.79. The zero-order valence-corrected chi connectivity index (χ0v) is 65.2. The van der Waals surface area contributed by atoms with Crippen LogP contribution in [0, 0.1) is 111 Å². The Morgan fingerprint density at radius 3 is 0.549 bits per heavy atom. The van der Waals surface area contributed by atoms with Gasteiger partial charge in [0.25, 0.3) is 0 Å². The van der Waals surface area contributed by atoms with E-state index in [4.69, 9.17) is 21.3 Å². The van der Waals surface area contributed by atoms with Crippen LogP contribution in [0.2, 0.25) is 0 Å². The number of unbranched alkanes of at least 4 members (excludes halogenated alkanes) is 4. The van der Waals surface area contributed by atoms with Crippen LogP contribution >= 0.6 is 0 Å². The molecule has 12 rings (SSSR count). The van der Waals surface area contributed by atoms with Crippen LogP contribution in [-0.4, -0.2) is 23.1 Å². The molecule has 0 spiro atoms. The molecule has 12 aromatic carbocycles. The van der Waals surface area contributed by atoms with Crippen molar-refractivity contribution in [3.63, 3.8) is 0 Å². The quantitative estimate of drug-likeness (QED) is 0.0372. The molecule has 0 aromatic heterocycles. The van der Waals surface area contributed by atoms with Gasteiger partial charge in [-0.1, -0.05) is 364 Å². The summed E-state index contributed by atoms with van der Waals surface area (Å²) in [6, 6.07) is 79.2. The molecule has 0 aliphatic heterocycles. The Morgan fingerprint density at radius 2 is 0.382 bits per heavy atom. The van der Waals surface area contributed by atoms with E-state index in [1.165, 1.54) is 121 Å². The minimum atomic E-state index is 0. The second kappa shape index (κ2) is 35.2. The van der Waals surface area contributed by atoms with Crippen LogP contribution in [0.1, 0.15) is 135 Å². The molecule has 0 bridgehead atoms. The van der Waals surface area contributed by atoms with Crippen LogP contribution < -0.4 is 10.2 Å². The van der Waals surface area contributed by atoms with E-state index in [1.807, 2.05) is 0 Å². The fourth-order valence-corrected chi connectivity index (χ4v) is 14.5. The van der Waals surface area contributed by atoms with Crippen LogP contribution in [0.3, 0.4) is 0 Å². The summed E-state index contributed by atoms with van der Waals surface area (Å²) in [6.45, 7) is 38.8. The first-order chi connectivity index (χ1) is 48.5. The van der Waals surface area contributed by atoms with E-state index < -0.39 is 0 Å². The Morgan fingerprint density at radius 1 is 0.225 bits per heavy atom. The first-order valence-corrected chi connectivity index (χ1v) is 36.0. The minimum Gasteiger partial charge on any atom is -0.259 e. The molecule has 6 nitrogen and oxygen atoms in total. The van der Waals surface area contributed by atoms with Gasteiger partial charge in [-0.3, -0.25) is 10.2 Å². The number of nitrogens with one attached hydrogen (secondary N) is 2. The van der Waals surface area contributed by atoms with Crippen LogP contribution in [0.15, 0.2) is 229 Å². The second-order valence-corrected chi connectivity index (χ2v) is 28.6. The van der Waals surface area contributed by atoms with Crippen LogP contribution in [-0.2, 0) is 0 Å². The number of para-hydroxylation sites is 2. The van der Waals surface area contributed by atoms with Crippen molar-refractivity contribution >= 4 is 45.8 Å². The van der Waals surface area contributed by atoms with Gasteiger partial charge in [-0.25, -0.2) is 0 Å². The third kappa shape index (κ3) is 19.8. The van der Waals surface area contributed by atoms with Crippen molar-refractivity contribution in [2.45, 2.75) is 157 Å². The Kier molecular flexibility index (Phi) is 26.4. The molecule has 12 aromatic rings. The van der Waals surface area contributed by atoms with E-state index in [9.17, 15) is 0 Å². The zero-order chi connectivity index (χ0) is 72.0. The molecule has 0 saturated carbocycles. The number of rotatable bonds is 18. The maximum atomic E-state index is 5.03.